The van der Waals surface area contributed by atoms with Crippen LogP contribution in [-0.2, 0) is 18.9 Å². The number of hydrogen-bond acceptors (Lipinski definition) is 6. The first-order chi connectivity index (χ1) is 15.9. The maximum absolute atomic E-state index is 13.3. The Hall–Kier alpha value is -3.09. The van der Waals surface area contributed by atoms with E-state index in [1.165, 1.54) is 6.33 Å². The average Bonchev–Trinajstić information content (AvgIpc) is 3.17. The summed E-state index contributed by atoms with van der Waals surface area (Å²) in [6.45, 7) is 2.36. The number of anilines is 3. The largest absolute Gasteiger partial charge is 0.416 e. The van der Waals surface area contributed by atoms with Gasteiger partial charge in [-0.05, 0) is 50.8 Å². The van der Waals surface area contributed by atoms with E-state index >= 15 is 0 Å². The molecule has 1 fully saturated rings. The summed E-state index contributed by atoms with van der Waals surface area (Å²) in [6, 6.07) is 1.47. The fourth-order valence-corrected chi connectivity index (χ4v) is 3.94. The molecule has 0 atom stereocenters. The minimum atomic E-state index is -4.96. The van der Waals surface area contributed by atoms with E-state index in [2.05, 4.69) is 25.6 Å². The van der Waals surface area contributed by atoms with Crippen LogP contribution < -0.4 is 16.4 Å². The van der Waals surface area contributed by atoms with Gasteiger partial charge in [0.05, 0.1) is 17.5 Å². The third-order valence-electron chi connectivity index (χ3n) is 5.76. The van der Waals surface area contributed by atoms with Gasteiger partial charge in [0.25, 0.3) is 0 Å². The van der Waals surface area contributed by atoms with Gasteiger partial charge < -0.3 is 20.9 Å². The minimum Gasteiger partial charge on any atom is -0.351 e. The Morgan fingerprint density at radius 1 is 0.971 bits per heavy atom. The van der Waals surface area contributed by atoms with Crippen LogP contribution in [0, 0.1) is 0 Å². The molecular weight excluding hydrogens is 464 g/mol. The Balaban J connectivity index is 1.74. The molecule has 184 valence electrons. The highest BCUT2D eigenvalue weighted by Crippen LogP contribution is 2.38. The lowest BCUT2D eigenvalue weighted by molar-refractivity contribution is -0.143. The van der Waals surface area contributed by atoms with E-state index < -0.39 is 29.2 Å². The van der Waals surface area contributed by atoms with E-state index in [9.17, 15) is 26.3 Å². The summed E-state index contributed by atoms with van der Waals surface area (Å²) in [5.74, 6) is 0.202. The van der Waals surface area contributed by atoms with Crippen LogP contribution in [0.5, 0.6) is 0 Å². The quantitative estimate of drug-likeness (QED) is 0.423. The fraction of sp³-hybridized carbons (Fsp3) is 0.476. The van der Waals surface area contributed by atoms with Crippen molar-refractivity contribution in [1.29, 1.82) is 0 Å². The predicted molar refractivity (Wildman–Crippen MR) is 115 cm³/mol. The van der Waals surface area contributed by atoms with Crippen LogP contribution in [-0.4, -0.2) is 31.6 Å². The lowest BCUT2D eigenvalue weighted by atomic mass is 9.92. The molecule has 0 spiro atoms. The van der Waals surface area contributed by atoms with Gasteiger partial charge in [0.2, 0.25) is 5.95 Å². The average molecular weight is 487 g/mol. The lowest BCUT2D eigenvalue weighted by Crippen LogP contribution is -2.33. The maximum Gasteiger partial charge on any atom is 0.416 e. The Labute approximate surface area is 190 Å². The molecule has 3 aromatic rings. The van der Waals surface area contributed by atoms with Gasteiger partial charge in [-0.3, -0.25) is 0 Å². The number of nitrogens with zero attached hydrogens (tertiary/aromatic N) is 4. The van der Waals surface area contributed by atoms with Gasteiger partial charge in [0.15, 0.2) is 17.0 Å². The summed E-state index contributed by atoms with van der Waals surface area (Å²) < 4.78 is 81.3. The fourth-order valence-electron chi connectivity index (χ4n) is 3.94. The summed E-state index contributed by atoms with van der Waals surface area (Å²) in [5.41, 5.74) is 3.31. The number of rotatable bonds is 5. The zero-order valence-electron chi connectivity index (χ0n) is 18.1. The lowest BCUT2D eigenvalue weighted by Gasteiger charge is -2.26. The molecule has 0 bridgehead atoms. The number of benzene rings is 1. The Kier molecular flexibility index (Phi) is 6.32. The van der Waals surface area contributed by atoms with E-state index in [0.29, 0.717) is 24.3 Å². The molecule has 0 unspecified atom stereocenters. The van der Waals surface area contributed by atoms with E-state index in [1.807, 2.05) is 6.92 Å². The number of aromatic nitrogens is 4. The molecule has 4 rings (SSSR count). The number of nitrogens with two attached hydrogens (primary N) is 1. The van der Waals surface area contributed by atoms with Gasteiger partial charge in [-0.2, -0.15) is 36.3 Å². The molecule has 1 aliphatic rings. The summed E-state index contributed by atoms with van der Waals surface area (Å²) in [4.78, 5) is 13.0. The monoisotopic (exact) mass is 487 g/mol. The second-order valence-electron chi connectivity index (χ2n) is 8.27. The number of halogens is 6. The van der Waals surface area contributed by atoms with Crippen LogP contribution in [0.1, 0.15) is 43.7 Å². The molecule has 4 N–H and O–H groups in total. The highest BCUT2D eigenvalue weighted by Gasteiger charge is 2.37. The molecule has 1 saturated carbocycles. The molecule has 34 heavy (non-hydrogen) atoms. The number of fused-ring (bicyclic) bond motifs is 1. The molecule has 0 amide bonds. The van der Waals surface area contributed by atoms with Crippen LogP contribution in [0.4, 0.5) is 43.8 Å². The molecule has 7 nitrogen and oxygen atoms in total. The van der Waals surface area contributed by atoms with E-state index in [1.54, 1.807) is 4.57 Å². The van der Waals surface area contributed by atoms with Crippen LogP contribution >= 0.6 is 0 Å². The first-order valence-electron chi connectivity index (χ1n) is 10.8. The van der Waals surface area contributed by atoms with Crippen LogP contribution in [0.25, 0.3) is 11.2 Å². The van der Waals surface area contributed by atoms with Crippen molar-refractivity contribution >= 4 is 28.6 Å². The minimum absolute atomic E-state index is 0.000315. The second kappa shape index (κ2) is 8.93. The first kappa shape index (κ1) is 24.0. The molecule has 2 aromatic heterocycles. The summed E-state index contributed by atoms with van der Waals surface area (Å²) in [6.07, 6.45) is -5.21. The topological polar surface area (TPSA) is 93.7 Å². The van der Waals surface area contributed by atoms with Gasteiger partial charge in [-0.25, -0.2) is 4.98 Å². The van der Waals surface area contributed by atoms with Crippen molar-refractivity contribution in [2.75, 3.05) is 10.6 Å². The summed E-state index contributed by atoms with van der Waals surface area (Å²) in [5, 5.41) is 5.82. The molecule has 0 saturated heterocycles. The number of hydrogen-bond donors (Lipinski definition) is 3. The van der Waals surface area contributed by atoms with Crippen LogP contribution in [0.15, 0.2) is 24.5 Å². The van der Waals surface area contributed by atoms with Crippen molar-refractivity contribution in [1.82, 2.24) is 19.5 Å². The SMILES string of the molecule is CCn1cnc2c(Nc3cc(C(F)(F)F)cc(C(F)(F)F)c3)nc(N[C@H]3CC[C@@H](N)CC3)nc21. The molecule has 2 heterocycles. The Morgan fingerprint density at radius 3 is 2.15 bits per heavy atom. The van der Waals surface area contributed by atoms with Crippen molar-refractivity contribution in [3.05, 3.63) is 35.7 Å². The van der Waals surface area contributed by atoms with Gasteiger partial charge in [0.1, 0.15) is 0 Å². The summed E-state index contributed by atoms with van der Waals surface area (Å²) >= 11 is 0. The number of alkyl halides is 6. The predicted octanol–water partition coefficient (Wildman–Crippen LogP) is 5.31. The maximum atomic E-state index is 13.3. The number of nitrogens with one attached hydrogen (secondary N) is 2. The molecule has 1 aliphatic carbocycles. The Morgan fingerprint density at radius 2 is 1.59 bits per heavy atom. The Bertz CT molecular complexity index is 1130. The summed E-state index contributed by atoms with van der Waals surface area (Å²) in [7, 11) is 0. The molecule has 0 radical (unpaired) electrons. The van der Waals surface area contributed by atoms with Crippen molar-refractivity contribution in [3.8, 4) is 0 Å². The standard InChI is InChI=1S/C21H23F6N7/c1-2-34-10-29-16-17(32-19(33-18(16)34)31-14-5-3-13(28)4-6-14)30-15-8-11(20(22,23)24)7-12(9-15)21(25,26)27/h7-10,13-14H,2-6,28H2,1H3,(H2,30,31,32,33)/t13-,14+. The van der Waals surface area contributed by atoms with E-state index in [-0.39, 0.29) is 35.4 Å². The zero-order valence-corrected chi connectivity index (χ0v) is 18.1. The normalized spacial score (nSPS) is 19.4. The number of aryl methyl sites for hydroxylation is 1. The van der Waals surface area contributed by atoms with Crippen molar-refractivity contribution in [2.45, 2.75) is 63.6 Å². The molecular formula is C21H23F6N7. The van der Waals surface area contributed by atoms with Crippen LogP contribution in [0.3, 0.4) is 0 Å². The van der Waals surface area contributed by atoms with Gasteiger partial charge in [-0.1, -0.05) is 0 Å². The van der Waals surface area contributed by atoms with E-state index in [0.717, 1.165) is 25.7 Å². The second-order valence-corrected chi connectivity index (χ2v) is 8.27. The van der Waals surface area contributed by atoms with Gasteiger partial charge in [0, 0.05) is 24.3 Å². The molecule has 13 heteroatoms. The highest BCUT2D eigenvalue weighted by molar-refractivity contribution is 5.86. The van der Waals surface area contributed by atoms with Gasteiger partial charge >= 0.3 is 12.4 Å². The van der Waals surface area contributed by atoms with Crippen molar-refractivity contribution in [2.24, 2.45) is 5.73 Å². The highest BCUT2D eigenvalue weighted by atomic mass is 19.4. The van der Waals surface area contributed by atoms with E-state index in [4.69, 9.17) is 5.73 Å². The van der Waals surface area contributed by atoms with Crippen molar-refractivity contribution in [3.63, 3.8) is 0 Å². The zero-order chi connectivity index (χ0) is 24.7. The molecule has 1 aromatic carbocycles. The third-order valence-corrected chi connectivity index (χ3v) is 5.76. The van der Waals surface area contributed by atoms with Crippen LogP contribution in [0.2, 0.25) is 0 Å². The third kappa shape index (κ3) is 5.18. The smallest absolute Gasteiger partial charge is 0.351 e. The van der Waals surface area contributed by atoms with Crippen molar-refractivity contribution < 1.29 is 26.3 Å². The first-order valence-corrected chi connectivity index (χ1v) is 10.8. The molecule has 0 aliphatic heterocycles. The van der Waals surface area contributed by atoms with Gasteiger partial charge in [-0.15, -0.1) is 0 Å². The number of imidazole rings is 1.